The minimum Gasteiger partial charge on any atom is -0.465 e. The largest absolute Gasteiger partial charge is 0.465 e. The van der Waals surface area contributed by atoms with E-state index in [1.54, 1.807) is 29.4 Å². The maximum absolute atomic E-state index is 12.5. The van der Waals surface area contributed by atoms with Crippen molar-refractivity contribution in [2.45, 2.75) is 13.5 Å². The molecule has 7 nitrogen and oxygen atoms in total. The van der Waals surface area contributed by atoms with E-state index in [1.165, 1.54) is 0 Å². The monoisotopic (exact) mass is 373 g/mol. The fraction of sp³-hybridized carbons (Fsp3) is 0.143. The molecule has 0 unspecified atom stereocenters. The molecular weight excluding hydrogens is 354 g/mol. The van der Waals surface area contributed by atoms with E-state index in [9.17, 15) is 4.79 Å². The third kappa shape index (κ3) is 3.68. The van der Waals surface area contributed by atoms with Crippen molar-refractivity contribution < 1.29 is 9.21 Å². The first kappa shape index (κ1) is 17.7. The van der Waals surface area contributed by atoms with Gasteiger partial charge in [-0.25, -0.2) is 9.97 Å². The van der Waals surface area contributed by atoms with Crippen molar-refractivity contribution in [3.8, 4) is 22.5 Å². The lowest BCUT2D eigenvalue weighted by atomic mass is 10.1. The molecule has 0 atom stereocenters. The molecule has 0 spiro atoms. The zero-order valence-corrected chi connectivity index (χ0v) is 15.6. The summed E-state index contributed by atoms with van der Waals surface area (Å²) in [5.74, 6) is 1.98. The van der Waals surface area contributed by atoms with Crippen molar-refractivity contribution in [1.29, 1.82) is 0 Å². The van der Waals surface area contributed by atoms with Crippen molar-refractivity contribution >= 4 is 5.91 Å². The van der Waals surface area contributed by atoms with Crippen LogP contribution in [0.5, 0.6) is 0 Å². The van der Waals surface area contributed by atoms with Gasteiger partial charge in [-0.15, -0.1) is 0 Å². The fourth-order valence-corrected chi connectivity index (χ4v) is 2.91. The van der Waals surface area contributed by atoms with Gasteiger partial charge in [0.15, 0.2) is 5.82 Å². The SMILES string of the molecule is Cc1ccc(CNC(=O)c2cc(-c3cnc(-c4cccnc4)nc3)cn2C)o1. The van der Waals surface area contributed by atoms with E-state index in [0.717, 1.165) is 28.2 Å². The van der Waals surface area contributed by atoms with Crippen LogP contribution in [0.4, 0.5) is 0 Å². The van der Waals surface area contributed by atoms with E-state index >= 15 is 0 Å². The van der Waals surface area contributed by atoms with Crippen LogP contribution < -0.4 is 5.32 Å². The van der Waals surface area contributed by atoms with Gasteiger partial charge in [-0.3, -0.25) is 9.78 Å². The number of nitrogens with zero attached hydrogens (tertiary/aromatic N) is 4. The minimum atomic E-state index is -0.171. The molecule has 4 aromatic rings. The molecule has 0 aliphatic heterocycles. The van der Waals surface area contributed by atoms with Gasteiger partial charge in [-0.05, 0) is 37.3 Å². The molecule has 0 aliphatic carbocycles. The number of amides is 1. The number of aryl methyl sites for hydroxylation is 2. The summed E-state index contributed by atoms with van der Waals surface area (Å²) in [6, 6.07) is 9.31. The Morgan fingerprint density at radius 1 is 1.11 bits per heavy atom. The quantitative estimate of drug-likeness (QED) is 0.580. The van der Waals surface area contributed by atoms with Crippen LogP contribution >= 0.6 is 0 Å². The number of pyridine rings is 1. The summed E-state index contributed by atoms with van der Waals surface area (Å²) in [6.45, 7) is 2.21. The van der Waals surface area contributed by atoms with Crippen molar-refractivity contribution in [1.82, 2.24) is 24.8 Å². The van der Waals surface area contributed by atoms with Crippen LogP contribution in [0.3, 0.4) is 0 Å². The highest BCUT2D eigenvalue weighted by Crippen LogP contribution is 2.22. The Morgan fingerprint density at radius 3 is 2.61 bits per heavy atom. The topological polar surface area (TPSA) is 85.8 Å². The van der Waals surface area contributed by atoms with Crippen LogP contribution in [-0.2, 0) is 13.6 Å². The molecule has 4 aromatic heterocycles. The standard InChI is InChI=1S/C21H19N5O2/c1-14-5-6-18(28-14)12-25-21(27)19-8-16(13-26(19)2)17-10-23-20(24-11-17)15-4-3-7-22-9-15/h3-11,13H,12H2,1-2H3,(H,25,27). The summed E-state index contributed by atoms with van der Waals surface area (Å²) in [5.41, 5.74) is 3.12. The van der Waals surface area contributed by atoms with Crippen LogP contribution in [0.25, 0.3) is 22.5 Å². The zero-order chi connectivity index (χ0) is 19.5. The molecule has 0 saturated carbocycles. The Balaban J connectivity index is 1.50. The van der Waals surface area contributed by atoms with Gasteiger partial charge in [0.25, 0.3) is 5.91 Å². The summed E-state index contributed by atoms with van der Waals surface area (Å²) in [5, 5.41) is 2.87. The van der Waals surface area contributed by atoms with Gasteiger partial charge in [0.1, 0.15) is 17.2 Å². The van der Waals surface area contributed by atoms with Crippen LogP contribution in [0.15, 0.2) is 65.7 Å². The van der Waals surface area contributed by atoms with Crippen molar-refractivity contribution in [3.63, 3.8) is 0 Å². The van der Waals surface area contributed by atoms with Gasteiger partial charge >= 0.3 is 0 Å². The molecule has 0 radical (unpaired) electrons. The van der Waals surface area contributed by atoms with Gasteiger partial charge in [-0.2, -0.15) is 0 Å². The number of carbonyl (C=O) groups is 1. The first-order valence-electron chi connectivity index (χ1n) is 8.83. The molecule has 0 aromatic carbocycles. The first-order valence-corrected chi connectivity index (χ1v) is 8.83. The van der Waals surface area contributed by atoms with Gasteiger partial charge < -0.3 is 14.3 Å². The molecular formula is C21H19N5O2. The smallest absolute Gasteiger partial charge is 0.268 e. The molecule has 0 fully saturated rings. The summed E-state index contributed by atoms with van der Waals surface area (Å²) in [7, 11) is 1.83. The Bertz CT molecular complexity index is 1100. The van der Waals surface area contributed by atoms with Gasteiger partial charge in [0, 0.05) is 54.7 Å². The predicted molar refractivity (Wildman–Crippen MR) is 104 cm³/mol. The normalized spacial score (nSPS) is 10.8. The van der Waals surface area contributed by atoms with E-state index in [2.05, 4.69) is 20.3 Å². The van der Waals surface area contributed by atoms with Crippen LogP contribution in [0.1, 0.15) is 22.0 Å². The number of hydrogen-bond donors (Lipinski definition) is 1. The number of rotatable bonds is 5. The molecule has 140 valence electrons. The average Bonchev–Trinajstić information content (AvgIpc) is 3.32. The van der Waals surface area contributed by atoms with Crippen molar-refractivity contribution in [2.24, 2.45) is 7.05 Å². The van der Waals surface area contributed by atoms with Crippen LogP contribution in [0, 0.1) is 6.92 Å². The zero-order valence-electron chi connectivity index (χ0n) is 15.6. The van der Waals surface area contributed by atoms with Crippen LogP contribution in [0.2, 0.25) is 0 Å². The number of nitrogens with one attached hydrogen (secondary N) is 1. The second-order valence-corrected chi connectivity index (χ2v) is 6.46. The lowest BCUT2D eigenvalue weighted by Gasteiger charge is -2.04. The fourth-order valence-electron chi connectivity index (χ4n) is 2.91. The molecule has 28 heavy (non-hydrogen) atoms. The number of carbonyl (C=O) groups excluding carboxylic acids is 1. The third-order valence-corrected chi connectivity index (χ3v) is 4.36. The highest BCUT2D eigenvalue weighted by molar-refractivity contribution is 5.94. The maximum Gasteiger partial charge on any atom is 0.268 e. The van der Waals surface area contributed by atoms with E-state index in [-0.39, 0.29) is 5.91 Å². The molecule has 0 saturated heterocycles. The van der Waals surface area contributed by atoms with E-state index in [1.807, 2.05) is 50.5 Å². The Morgan fingerprint density at radius 2 is 1.93 bits per heavy atom. The summed E-state index contributed by atoms with van der Waals surface area (Å²) < 4.78 is 7.26. The van der Waals surface area contributed by atoms with Gasteiger partial charge in [0.05, 0.1) is 6.54 Å². The van der Waals surface area contributed by atoms with Crippen LogP contribution in [-0.4, -0.2) is 25.4 Å². The minimum absolute atomic E-state index is 0.171. The molecule has 7 heteroatoms. The second kappa shape index (κ2) is 7.48. The number of hydrogen-bond acceptors (Lipinski definition) is 5. The van der Waals surface area contributed by atoms with Crippen molar-refractivity contribution in [3.05, 3.63) is 78.5 Å². The number of aromatic nitrogens is 4. The highest BCUT2D eigenvalue weighted by atomic mass is 16.3. The molecule has 1 amide bonds. The highest BCUT2D eigenvalue weighted by Gasteiger charge is 2.14. The average molecular weight is 373 g/mol. The first-order chi connectivity index (χ1) is 13.6. The Labute approximate surface area is 162 Å². The molecule has 0 bridgehead atoms. The summed E-state index contributed by atoms with van der Waals surface area (Å²) >= 11 is 0. The third-order valence-electron chi connectivity index (χ3n) is 4.36. The molecule has 0 aliphatic rings. The second-order valence-electron chi connectivity index (χ2n) is 6.46. The maximum atomic E-state index is 12.5. The van der Waals surface area contributed by atoms with E-state index in [4.69, 9.17) is 4.42 Å². The van der Waals surface area contributed by atoms with Crippen molar-refractivity contribution in [2.75, 3.05) is 0 Å². The molecule has 1 N–H and O–H groups in total. The molecule has 4 rings (SSSR count). The molecule has 4 heterocycles. The van der Waals surface area contributed by atoms with E-state index in [0.29, 0.717) is 18.1 Å². The van der Waals surface area contributed by atoms with E-state index < -0.39 is 0 Å². The summed E-state index contributed by atoms with van der Waals surface area (Å²) in [6.07, 6.45) is 8.81. The lowest BCUT2D eigenvalue weighted by molar-refractivity contribution is 0.0939. The Kier molecular flexibility index (Phi) is 4.72. The van der Waals surface area contributed by atoms with Gasteiger partial charge in [-0.1, -0.05) is 0 Å². The summed E-state index contributed by atoms with van der Waals surface area (Å²) in [4.78, 5) is 25.4. The number of furan rings is 1. The Hall–Kier alpha value is -3.74. The predicted octanol–water partition coefficient (Wildman–Crippen LogP) is 3.38. The van der Waals surface area contributed by atoms with Gasteiger partial charge in [0.2, 0.25) is 0 Å². The lowest BCUT2D eigenvalue weighted by Crippen LogP contribution is -2.24.